The van der Waals surface area contributed by atoms with Crippen molar-refractivity contribution in [2.75, 3.05) is 14.2 Å². The zero-order valence-corrected chi connectivity index (χ0v) is 13.3. The average molecular weight is 319 g/mol. The zero-order chi connectivity index (χ0) is 16.6. The predicted molar refractivity (Wildman–Crippen MR) is 82.0 cm³/mol. The van der Waals surface area contributed by atoms with E-state index in [4.69, 9.17) is 9.47 Å². The Morgan fingerprint density at radius 3 is 2.78 bits per heavy atom. The third kappa shape index (κ3) is 2.91. The molecule has 2 fully saturated rings. The van der Waals surface area contributed by atoms with Gasteiger partial charge in [0.15, 0.2) is 0 Å². The second kappa shape index (κ2) is 6.20. The molecule has 23 heavy (non-hydrogen) atoms. The number of carbonyl (C=O) groups excluding carboxylic acids is 2. The second-order valence-electron chi connectivity index (χ2n) is 6.24. The van der Waals surface area contributed by atoms with Crippen LogP contribution in [0.1, 0.15) is 29.6 Å². The quantitative estimate of drug-likeness (QED) is 0.852. The van der Waals surface area contributed by atoms with Crippen LogP contribution in [0.25, 0.3) is 0 Å². The Labute approximate surface area is 135 Å². The summed E-state index contributed by atoms with van der Waals surface area (Å²) in [5.41, 5.74) is 0.278. The number of fused-ring (bicyclic) bond motifs is 2. The lowest BCUT2D eigenvalue weighted by molar-refractivity contribution is -0.156. The lowest BCUT2D eigenvalue weighted by Gasteiger charge is -2.40. The molecule has 2 bridgehead atoms. The second-order valence-corrected chi connectivity index (χ2v) is 6.24. The van der Waals surface area contributed by atoms with Crippen LogP contribution in [-0.2, 0) is 14.3 Å². The molecule has 1 aromatic carbocycles. The van der Waals surface area contributed by atoms with E-state index in [0.717, 1.165) is 12.8 Å². The molecular weight excluding hydrogens is 298 g/mol. The van der Waals surface area contributed by atoms with Gasteiger partial charge in [-0.1, -0.05) is 6.07 Å². The van der Waals surface area contributed by atoms with Crippen LogP contribution in [0.5, 0.6) is 5.75 Å². The van der Waals surface area contributed by atoms with E-state index in [9.17, 15) is 14.7 Å². The van der Waals surface area contributed by atoms with Crippen LogP contribution in [0.2, 0.25) is 0 Å². The summed E-state index contributed by atoms with van der Waals surface area (Å²) in [6, 6.07) is 6.38. The number of hydrogen-bond donors (Lipinski definition) is 1. The summed E-state index contributed by atoms with van der Waals surface area (Å²) >= 11 is 0. The van der Waals surface area contributed by atoms with Gasteiger partial charge in [-0.3, -0.25) is 9.69 Å². The number of methoxy groups -OCH3 is 1. The summed E-state index contributed by atoms with van der Waals surface area (Å²) in [7, 11) is 3.36. The topological polar surface area (TPSA) is 76.1 Å². The highest BCUT2D eigenvalue weighted by Crippen LogP contribution is 2.40. The van der Waals surface area contributed by atoms with Crippen molar-refractivity contribution in [2.24, 2.45) is 5.92 Å². The molecule has 2 aliphatic heterocycles. The third-order valence-electron chi connectivity index (χ3n) is 5.03. The molecule has 1 unspecified atom stereocenters. The first-order chi connectivity index (χ1) is 11.0. The van der Waals surface area contributed by atoms with Crippen LogP contribution in [0.15, 0.2) is 24.3 Å². The molecule has 4 atom stereocenters. The van der Waals surface area contributed by atoms with Crippen LogP contribution in [0, 0.1) is 5.92 Å². The minimum absolute atomic E-state index is 0.00687. The number of benzene rings is 1. The lowest BCUT2D eigenvalue weighted by Crippen LogP contribution is -2.53. The first kappa shape index (κ1) is 15.8. The van der Waals surface area contributed by atoms with E-state index in [-0.39, 0.29) is 23.3 Å². The Morgan fingerprint density at radius 2 is 2.09 bits per heavy atom. The van der Waals surface area contributed by atoms with Gasteiger partial charge < -0.3 is 14.6 Å². The van der Waals surface area contributed by atoms with Gasteiger partial charge in [0.2, 0.25) is 0 Å². The number of rotatable bonds is 3. The number of ether oxygens (including phenoxy) is 2. The van der Waals surface area contributed by atoms with E-state index in [1.54, 1.807) is 12.1 Å². The van der Waals surface area contributed by atoms with Crippen LogP contribution in [-0.4, -0.2) is 54.3 Å². The SMILES string of the molecule is COC(=O)[C@@H]1C2CC[C@H](C[C@@H]1OC(=O)c1cccc(O)c1)N2C. The first-order valence-electron chi connectivity index (χ1n) is 7.81. The van der Waals surface area contributed by atoms with E-state index < -0.39 is 18.0 Å². The van der Waals surface area contributed by atoms with Crippen LogP contribution in [0.4, 0.5) is 0 Å². The maximum absolute atomic E-state index is 12.3. The zero-order valence-electron chi connectivity index (χ0n) is 13.3. The lowest BCUT2D eigenvalue weighted by atomic mass is 9.87. The Kier molecular flexibility index (Phi) is 4.26. The third-order valence-corrected chi connectivity index (χ3v) is 5.03. The molecule has 0 spiro atoms. The van der Waals surface area contributed by atoms with E-state index in [1.807, 2.05) is 7.05 Å². The van der Waals surface area contributed by atoms with Gasteiger partial charge in [0.25, 0.3) is 0 Å². The molecule has 1 aromatic rings. The summed E-state index contributed by atoms with van der Waals surface area (Å²) < 4.78 is 10.5. The summed E-state index contributed by atoms with van der Waals surface area (Å²) in [4.78, 5) is 26.7. The number of hydrogen-bond acceptors (Lipinski definition) is 6. The van der Waals surface area contributed by atoms with Gasteiger partial charge in [-0.15, -0.1) is 0 Å². The smallest absolute Gasteiger partial charge is 0.338 e. The summed E-state index contributed by atoms with van der Waals surface area (Å²) in [6.45, 7) is 0. The van der Waals surface area contributed by atoms with E-state index in [2.05, 4.69) is 4.90 Å². The van der Waals surface area contributed by atoms with Gasteiger partial charge in [-0.25, -0.2) is 4.79 Å². The normalized spacial score (nSPS) is 30.0. The van der Waals surface area contributed by atoms with Crippen molar-refractivity contribution < 1.29 is 24.2 Å². The number of piperidine rings is 1. The fourth-order valence-corrected chi connectivity index (χ4v) is 3.83. The highest BCUT2D eigenvalue weighted by Gasteiger charge is 2.50. The van der Waals surface area contributed by atoms with Crippen molar-refractivity contribution >= 4 is 11.9 Å². The molecule has 6 nitrogen and oxygen atoms in total. The van der Waals surface area contributed by atoms with Crippen molar-refractivity contribution in [3.63, 3.8) is 0 Å². The summed E-state index contributed by atoms with van der Waals surface area (Å²) in [5.74, 6) is -1.32. The van der Waals surface area contributed by atoms with Crippen molar-refractivity contribution in [1.29, 1.82) is 0 Å². The summed E-state index contributed by atoms with van der Waals surface area (Å²) in [6.07, 6.45) is 2.03. The maximum Gasteiger partial charge on any atom is 0.338 e. The molecule has 0 saturated carbocycles. The number of carbonyl (C=O) groups is 2. The average Bonchev–Trinajstić information content (AvgIpc) is 2.78. The van der Waals surface area contributed by atoms with Gasteiger partial charge in [0.1, 0.15) is 17.8 Å². The minimum atomic E-state index is -0.524. The minimum Gasteiger partial charge on any atom is -0.508 e. The molecule has 2 heterocycles. The standard InChI is InChI=1S/C17H21NO5/c1-18-11-6-7-13(18)15(17(21)22-2)14(9-11)23-16(20)10-4-3-5-12(19)8-10/h3-5,8,11,13-15,19H,6-7,9H2,1-2H3/t11-,13?,14+,15-/m1/s1. The van der Waals surface area contributed by atoms with Gasteiger partial charge in [-0.2, -0.15) is 0 Å². The van der Waals surface area contributed by atoms with Crippen LogP contribution in [0.3, 0.4) is 0 Å². The highest BCUT2D eigenvalue weighted by molar-refractivity contribution is 5.90. The molecule has 0 aliphatic carbocycles. The molecule has 2 saturated heterocycles. The Balaban J connectivity index is 1.80. The van der Waals surface area contributed by atoms with Crippen molar-refractivity contribution in [1.82, 2.24) is 4.90 Å². The van der Waals surface area contributed by atoms with E-state index in [1.165, 1.54) is 19.2 Å². The van der Waals surface area contributed by atoms with Crippen molar-refractivity contribution in [3.8, 4) is 5.75 Å². The number of aromatic hydroxyl groups is 1. The Bertz CT molecular complexity index is 617. The first-order valence-corrected chi connectivity index (χ1v) is 7.81. The molecule has 1 N–H and O–H groups in total. The number of esters is 2. The molecular formula is C17H21NO5. The Hall–Kier alpha value is -2.08. The predicted octanol–water partition coefficient (Wildman–Crippen LogP) is 1.57. The Morgan fingerprint density at radius 1 is 1.30 bits per heavy atom. The van der Waals surface area contributed by atoms with Gasteiger partial charge in [-0.05, 0) is 38.1 Å². The number of nitrogens with zero attached hydrogens (tertiary/aromatic N) is 1. The van der Waals surface area contributed by atoms with E-state index >= 15 is 0 Å². The number of phenols is 1. The highest BCUT2D eigenvalue weighted by atomic mass is 16.6. The van der Waals surface area contributed by atoms with Gasteiger partial charge in [0.05, 0.1) is 12.7 Å². The van der Waals surface area contributed by atoms with Gasteiger partial charge >= 0.3 is 11.9 Å². The molecule has 2 aliphatic rings. The monoisotopic (exact) mass is 319 g/mol. The number of phenolic OH excluding ortho intramolecular Hbond substituents is 1. The molecule has 0 amide bonds. The summed E-state index contributed by atoms with van der Waals surface area (Å²) in [5, 5.41) is 9.49. The van der Waals surface area contributed by atoms with Crippen LogP contribution >= 0.6 is 0 Å². The molecule has 0 aromatic heterocycles. The van der Waals surface area contributed by atoms with Crippen molar-refractivity contribution in [2.45, 2.75) is 37.5 Å². The molecule has 124 valence electrons. The fourth-order valence-electron chi connectivity index (χ4n) is 3.83. The van der Waals surface area contributed by atoms with Gasteiger partial charge in [0, 0.05) is 18.5 Å². The fraction of sp³-hybridized carbons (Fsp3) is 0.529. The molecule has 6 heteroatoms. The van der Waals surface area contributed by atoms with Crippen molar-refractivity contribution in [3.05, 3.63) is 29.8 Å². The largest absolute Gasteiger partial charge is 0.508 e. The molecule has 0 radical (unpaired) electrons. The van der Waals surface area contributed by atoms with E-state index in [0.29, 0.717) is 12.5 Å². The maximum atomic E-state index is 12.3. The molecule has 3 rings (SSSR count). The van der Waals surface area contributed by atoms with Crippen LogP contribution < -0.4 is 0 Å².